The zero-order valence-electron chi connectivity index (χ0n) is 12.1. The lowest BCUT2D eigenvalue weighted by Crippen LogP contribution is -2.17. The van der Waals surface area contributed by atoms with E-state index in [1.165, 1.54) is 22.3 Å². The monoisotopic (exact) mass is 253 g/mol. The van der Waals surface area contributed by atoms with Crippen LogP contribution in [-0.4, -0.2) is 7.05 Å². The number of hydrogen-bond donors (Lipinski definition) is 1. The molecule has 0 aliphatic heterocycles. The molecule has 1 unspecified atom stereocenters. The van der Waals surface area contributed by atoms with Crippen LogP contribution < -0.4 is 5.32 Å². The van der Waals surface area contributed by atoms with Crippen molar-refractivity contribution in [1.82, 2.24) is 5.32 Å². The smallest absolute Gasteiger partial charge is 0.0320 e. The molecule has 0 amide bonds. The molecular formula is C18H23N. The van der Waals surface area contributed by atoms with E-state index in [0.29, 0.717) is 6.04 Å². The van der Waals surface area contributed by atoms with E-state index in [-0.39, 0.29) is 0 Å². The van der Waals surface area contributed by atoms with Gasteiger partial charge >= 0.3 is 0 Å². The predicted molar refractivity (Wildman–Crippen MR) is 82.5 cm³/mol. The molecule has 0 heterocycles. The van der Waals surface area contributed by atoms with Crippen LogP contribution >= 0.6 is 0 Å². The zero-order valence-corrected chi connectivity index (χ0v) is 12.1. The molecule has 0 aliphatic carbocycles. The maximum Gasteiger partial charge on any atom is 0.0320 e. The Morgan fingerprint density at radius 3 is 2.26 bits per heavy atom. The summed E-state index contributed by atoms with van der Waals surface area (Å²) in [6.45, 7) is 4.32. The molecule has 0 fully saturated rings. The average molecular weight is 253 g/mol. The van der Waals surface area contributed by atoms with Crippen molar-refractivity contribution < 1.29 is 0 Å². The average Bonchev–Trinajstić information content (AvgIpc) is 2.43. The van der Waals surface area contributed by atoms with Crippen molar-refractivity contribution in [2.24, 2.45) is 0 Å². The van der Waals surface area contributed by atoms with Gasteiger partial charge in [0.15, 0.2) is 0 Å². The minimum absolute atomic E-state index is 0.431. The Bertz CT molecular complexity index is 513. The summed E-state index contributed by atoms with van der Waals surface area (Å²) >= 11 is 0. The van der Waals surface area contributed by atoms with Crippen LogP contribution in [0, 0.1) is 13.8 Å². The number of aryl methyl sites for hydroxylation is 3. The standard InChI is InChI=1S/C18H23N/c1-14-8-10-17(11-9-14)18(19-3)13-12-16-7-5-4-6-15(16)2/h4-11,18-19H,12-13H2,1-3H3. The van der Waals surface area contributed by atoms with Crippen molar-refractivity contribution in [3.63, 3.8) is 0 Å². The molecule has 2 aromatic rings. The Morgan fingerprint density at radius 1 is 0.947 bits per heavy atom. The van der Waals surface area contributed by atoms with Gasteiger partial charge in [0.1, 0.15) is 0 Å². The Morgan fingerprint density at radius 2 is 1.63 bits per heavy atom. The predicted octanol–water partition coefficient (Wildman–Crippen LogP) is 4.20. The van der Waals surface area contributed by atoms with Crippen LogP contribution in [0.15, 0.2) is 48.5 Å². The van der Waals surface area contributed by atoms with E-state index in [2.05, 4.69) is 67.7 Å². The third kappa shape index (κ3) is 3.68. The van der Waals surface area contributed by atoms with Gasteiger partial charge in [-0.25, -0.2) is 0 Å². The molecule has 1 heteroatoms. The summed E-state index contributed by atoms with van der Waals surface area (Å²) in [6.07, 6.45) is 2.25. The number of nitrogens with one attached hydrogen (secondary N) is 1. The molecule has 1 nitrogen and oxygen atoms in total. The lowest BCUT2D eigenvalue weighted by molar-refractivity contribution is 0.548. The SMILES string of the molecule is CNC(CCc1ccccc1C)c1ccc(C)cc1. The van der Waals surface area contributed by atoms with E-state index in [9.17, 15) is 0 Å². The fraction of sp³-hybridized carbons (Fsp3) is 0.333. The van der Waals surface area contributed by atoms with Gasteiger partial charge in [0.05, 0.1) is 0 Å². The van der Waals surface area contributed by atoms with Gasteiger partial charge in [-0.3, -0.25) is 0 Å². The van der Waals surface area contributed by atoms with Crippen molar-refractivity contribution >= 4 is 0 Å². The normalized spacial score (nSPS) is 12.4. The van der Waals surface area contributed by atoms with Crippen molar-refractivity contribution in [3.8, 4) is 0 Å². The highest BCUT2D eigenvalue weighted by Gasteiger charge is 2.09. The highest BCUT2D eigenvalue weighted by molar-refractivity contribution is 5.27. The topological polar surface area (TPSA) is 12.0 Å². The van der Waals surface area contributed by atoms with Crippen LogP contribution in [0.2, 0.25) is 0 Å². The molecule has 0 aliphatic rings. The van der Waals surface area contributed by atoms with Crippen molar-refractivity contribution in [2.75, 3.05) is 7.05 Å². The Labute approximate surface area is 116 Å². The fourth-order valence-corrected chi connectivity index (χ4v) is 2.47. The molecule has 1 atom stereocenters. The summed E-state index contributed by atoms with van der Waals surface area (Å²) in [4.78, 5) is 0. The van der Waals surface area contributed by atoms with Gasteiger partial charge in [-0.1, -0.05) is 54.1 Å². The lowest BCUT2D eigenvalue weighted by Gasteiger charge is -2.17. The van der Waals surface area contributed by atoms with Crippen LogP contribution in [0.3, 0.4) is 0 Å². The first-order valence-electron chi connectivity index (χ1n) is 6.99. The number of hydrogen-bond acceptors (Lipinski definition) is 1. The molecule has 0 bridgehead atoms. The van der Waals surface area contributed by atoms with Crippen LogP contribution in [0.5, 0.6) is 0 Å². The van der Waals surface area contributed by atoms with E-state index >= 15 is 0 Å². The summed E-state index contributed by atoms with van der Waals surface area (Å²) in [5, 5.41) is 3.43. The minimum Gasteiger partial charge on any atom is -0.313 e. The van der Waals surface area contributed by atoms with Crippen LogP contribution in [0.25, 0.3) is 0 Å². The molecule has 0 saturated heterocycles. The van der Waals surface area contributed by atoms with E-state index < -0.39 is 0 Å². The third-order valence-electron chi connectivity index (χ3n) is 3.79. The third-order valence-corrected chi connectivity index (χ3v) is 3.79. The molecule has 0 radical (unpaired) electrons. The molecule has 2 rings (SSSR count). The van der Waals surface area contributed by atoms with E-state index in [1.807, 2.05) is 7.05 Å². The first kappa shape index (κ1) is 13.8. The maximum absolute atomic E-state index is 3.43. The van der Waals surface area contributed by atoms with Gasteiger partial charge in [-0.15, -0.1) is 0 Å². The summed E-state index contributed by atoms with van der Waals surface area (Å²) in [6, 6.07) is 17.9. The molecular weight excluding hydrogens is 230 g/mol. The molecule has 19 heavy (non-hydrogen) atoms. The zero-order chi connectivity index (χ0) is 13.7. The molecule has 0 aromatic heterocycles. The molecule has 100 valence electrons. The van der Waals surface area contributed by atoms with Gasteiger partial charge in [0.2, 0.25) is 0 Å². The maximum atomic E-state index is 3.43. The largest absolute Gasteiger partial charge is 0.313 e. The van der Waals surface area contributed by atoms with Crippen LogP contribution in [0.4, 0.5) is 0 Å². The van der Waals surface area contributed by atoms with Gasteiger partial charge in [-0.2, -0.15) is 0 Å². The quantitative estimate of drug-likeness (QED) is 0.842. The Hall–Kier alpha value is -1.60. The second kappa shape index (κ2) is 6.53. The first-order valence-corrected chi connectivity index (χ1v) is 6.99. The van der Waals surface area contributed by atoms with Gasteiger partial charge < -0.3 is 5.32 Å². The van der Waals surface area contributed by atoms with Crippen molar-refractivity contribution in [3.05, 3.63) is 70.8 Å². The second-order valence-corrected chi connectivity index (χ2v) is 5.22. The summed E-state index contributed by atoms with van der Waals surface area (Å²) in [5.41, 5.74) is 5.54. The Balaban J connectivity index is 2.04. The second-order valence-electron chi connectivity index (χ2n) is 5.22. The molecule has 1 N–H and O–H groups in total. The van der Waals surface area contributed by atoms with E-state index in [4.69, 9.17) is 0 Å². The van der Waals surface area contributed by atoms with Crippen molar-refractivity contribution in [2.45, 2.75) is 32.7 Å². The van der Waals surface area contributed by atoms with Crippen LogP contribution in [0.1, 0.15) is 34.7 Å². The fourth-order valence-electron chi connectivity index (χ4n) is 2.47. The molecule has 2 aromatic carbocycles. The Kier molecular flexibility index (Phi) is 4.75. The highest BCUT2D eigenvalue weighted by Crippen LogP contribution is 2.20. The number of rotatable bonds is 5. The molecule has 0 spiro atoms. The summed E-state index contributed by atoms with van der Waals surface area (Å²) in [7, 11) is 2.04. The van der Waals surface area contributed by atoms with E-state index in [1.54, 1.807) is 0 Å². The minimum atomic E-state index is 0.431. The van der Waals surface area contributed by atoms with Gasteiger partial charge in [0, 0.05) is 6.04 Å². The highest BCUT2D eigenvalue weighted by atomic mass is 14.9. The van der Waals surface area contributed by atoms with Crippen LogP contribution in [-0.2, 0) is 6.42 Å². The summed E-state index contributed by atoms with van der Waals surface area (Å²) < 4.78 is 0. The van der Waals surface area contributed by atoms with Gasteiger partial charge in [0.25, 0.3) is 0 Å². The molecule has 0 saturated carbocycles. The van der Waals surface area contributed by atoms with Gasteiger partial charge in [-0.05, 0) is 50.4 Å². The van der Waals surface area contributed by atoms with E-state index in [0.717, 1.165) is 12.8 Å². The lowest BCUT2D eigenvalue weighted by atomic mass is 9.96. The first-order chi connectivity index (χ1) is 9.20. The number of benzene rings is 2. The van der Waals surface area contributed by atoms with Crippen molar-refractivity contribution in [1.29, 1.82) is 0 Å². The summed E-state index contributed by atoms with van der Waals surface area (Å²) in [5.74, 6) is 0.